The fourth-order valence-electron chi connectivity index (χ4n) is 9.33. The molecule has 0 heterocycles. The van der Waals surface area contributed by atoms with E-state index in [9.17, 15) is 0 Å². The summed E-state index contributed by atoms with van der Waals surface area (Å²) in [6.45, 7) is 9.12. The highest BCUT2D eigenvalue weighted by Crippen LogP contribution is 2.50. The standard InChI is InChI=1S/C55H49N/c1-5-6-15-38(2)52-36-45(32-34-49(52)43-26-24-42(25-27-43)48-22-14-19-41-18-10-11-20-47(41)48)56(44-30-28-40(29-31-44)39-16-8-7-9-17-39)46-33-35-51-50-21-12-13-23-53(50)55(3,4)54(51)37-46/h5-21,23-35,37,45,48H,22,36H2,1-4H3/b6-5-,38-15+. The first kappa shape index (κ1) is 35.5. The number of nitrogens with zero attached hydrogens (tertiary/aromatic N) is 1. The Kier molecular flexibility index (Phi) is 9.39. The molecular formula is C55H49N. The van der Waals surface area contributed by atoms with Crippen LogP contribution in [0.4, 0.5) is 11.4 Å². The summed E-state index contributed by atoms with van der Waals surface area (Å²) in [5.74, 6) is 0.383. The number of rotatable bonds is 8. The maximum atomic E-state index is 2.57. The lowest BCUT2D eigenvalue weighted by molar-refractivity contribution is 0.659. The van der Waals surface area contributed by atoms with Gasteiger partial charge in [0.2, 0.25) is 0 Å². The van der Waals surface area contributed by atoms with E-state index in [1.54, 1.807) is 0 Å². The minimum Gasteiger partial charge on any atom is -0.334 e. The van der Waals surface area contributed by atoms with Crippen LogP contribution in [0.25, 0.3) is 33.9 Å². The zero-order valence-corrected chi connectivity index (χ0v) is 32.9. The highest BCUT2D eigenvalue weighted by Gasteiger charge is 2.36. The Morgan fingerprint density at radius 3 is 2.14 bits per heavy atom. The van der Waals surface area contributed by atoms with E-state index < -0.39 is 0 Å². The predicted molar refractivity (Wildman–Crippen MR) is 239 cm³/mol. The van der Waals surface area contributed by atoms with Gasteiger partial charge in [-0.3, -0.25) is 0 Å². The van der Waals surface area contributed by atoms with E-state index in [1.165, 1.54) is 83.7 Å². The molecule has 2 unspecified atom stereocenters. The maximum absolute atomic E-state index is 2.57. The molecule has 0 spiro atoms. The zero-order valence-electron chi connectivity index (χ0n) is 32.9. The topological polar surface area (TPSA) is 3.24 Å². The first-order chi connectivity index (χ1) is 27.4. The number of hydrogen-bond donors (Lipinski definition) is 0. The molecule has 0 aromatic heterocycles. The Morgan fingerprint density at radius 1 is 0.661 bits per heavy atom. The second kappa shape index (κ2) is 14.8. The van der Waals surface area contributed by atoms with Gasteiger partial charge in [0.25, 0.3) is 0 Å². The maximum Gasteiger partial charge on any atom is 0.0566 e. The van der Waals surface area contributed by atoms with Crippen molar-refractivity contribution in [2.75, 3.05) is 4.90 Å². The van der Waals surface area contributed by atoms with E-state index in [-0.39, 0.29) is 11.5 Å². The average Bonchev–Trinajstić information content (AvgIpc) is 3.48. The van der Waals surface area contributed by atoms with Gasteiger partial charge < -0.3 is 4.90 Å². The minimum absolute atomic E-state index is 0.0840. The van der Waals surface area contributed by atoms with Crippen molar-refractivity contribution in [1.82, 2.24) is 0 Å². The van der Waals surface area contributed by atoms with Crippen molar-refractivity contribution in [2.24, 2.45) is 0 Å². The molecule has 6 aromatic rings. The van der Waals surface area contributed by atoms with Crippen LogP contribution in [-0.2, 0) is 5.41 Å². The molecular weight excluding hydrogens is 675 g/mol. The Hall–Kier alpha value is -6.18. The summed E-state index contributed by atoms with van der Waals surface area (Å²) in [6, 6.07) is 54.3. The number of anilines is 2. The second-order valence-corrected chi connectivity index (χ2v) is 16.0. The lowest BCUT2D eigenvalue weighted by atomic mass is 9.81. The first-order valence-corrected chi connectivity index (χ1v) is 20.2. The normalized spacial score (nSPS) is 18.2. The molecule has 56 heavy (non-hydrogen) atoms. The molecule has 9 rings (SSSR count). The van der Waals surface area contributed by atoms with Crippen LogP contribution in [0.5, 0.6) is 0 Å². The molecule has 0 fully saturated rings. The van der Waals surface area contributed by atoms with E-state index >= 15 is 0 Å². The first-order valence-electron chi connectivity index (χ1n) is 20.2. The van der Waals surface area contributed by atoms with Crippen molar-refractivity contribution in [2.45, 2.75) is 57.9 Å². The summed E-state index contributed by atoms with van der Waals surface area (Å²) < 4.78 is 0. The monoisotopic (exact) mass is 723 g/mol. The van der Waals surface area contributed by atoms with Gasteiger partial charge in [-0.25, -0.2) is 0 Å². The molecule has 1 heteroatoms. The molecule has 0 radical (unpaired) electrons. The summed E-state index contributed by atoms with van der Waals surface area (Å²) in [6.07, 6.45) is 17.9. The molecule has 3 aliphatic carbocycles. The van der Waals surface area contributed by atoms with E-state index in [0.717, 1.165) is 12.8 Å². The largest absolute Gasteiger partial charge is 0.334 e. The van der Waals surface area contributed by atoms with Crippen molar-refractivity contribution < 1.29 is 0 Å². The number of hydrogen-bond acceptors (Lipinski definition) is 1. The van der Waals surface area contributed by atoms with Gasteiger partial charge in [0.15, 0.2) is 0 Å². The van der Waals surface area contributed by atoms with Gasteiger partial charge in [0, 0.05) is 22.7 Å². The molecule has 0 saturated carbocycles. The average molecular weight is 724 g/mol. The summed E-state index contributed by atoms with van der Waals surface area (Å²) in [7, 11) is 0. The number of benzene rings is 6. The summed E-state index contributed by atoms with van der Waals surface area (Å²) in [4.78, 5) is 2.57. The molecule has 6 aromatic carbocycles. The van der Waals surface area contributed by atoms with E-state index in [0.29, 0.717) is 5.92 Å². The molecule has 0 saturated heterocycles. The van der Waals surface area contributed by atoms with E-state index in [1.807, 2.05) is 0 Å². The molecule has 274 valence electrons. The molecule has 0 bridgehead atoms. The molecule has 1 nitrogen and oxygen atoms in total. The van der Waals surface area contributed by atoms with E-state index in [4.69, 9.17) is 0 Å². The van der Waals surface area contributed by atoms with Gasteiger partial charge in [-0.05, 0) is 123 Å². The van der Waals surface area contributed by atoms with Gasteiger partial charge in [0.1, 0.15) is 0 Å². The summed E-state index contributed by atoms with van der Waals surface area (Å²) in [5, 5.41) is 0. The molecule has 0 N–H and O–H groups in total. The smallest absolute Gasteiger partial charge is 0.0566 e. The van der Waals surface area contributed by atoms with Crippen LogP contribution in [-0.4, -0.2) is 6.04 Å². The summed E-state index contributed by atoms with van der Waals surface area (Å²) >= 11 is 0. The lowest BCUT2D eigenvalue weighted by Crippen LogP contribution is -2.32. The summed E-state index contributed by atoms with van der Waals surface area (Å²) in [5.41, 5.74) is 19.6. The van der Waals surface area contributed by atoms with Gasteiger partial charge in [-0.15, -0.1) is 0 Å². The fourth-order valence-corrected chi connectivity index (χ4v) is 9.33. The van der Waals surface area contributed by atoms with Crippen molar-refractivity contribution >= 4 is 23.0 Å². The Bertz CT molecular complexity index is 2560. The van der Waals surface area contributed by atoms with Crippen molar-refractivity contribution in [3.8, 4) is 22.3 Å². The molecule has 2 atom stereocenters. The van der Waals surface area contributed by atoms with Crippen molar-refractivity contribution in [3.63, 3.8) is 0 Å². The quantitative estimate of drug-likeness (QED) is 0.141. The van der Waals surface area contributed by atoms with Crippen LogP contribution in [0.3, 0.4) is 0 Å². The van der Waals surface area contributed by atoms with Crippen LogP contribution in [0.2, 0.25) is 0 Å². The SMILES string of the molecule is C/C=C\C=C(/C)C1=C(c2ccc(C3CC=Cc4ccccc43)cc2)C=CC(N(c2ccc(-c3ccccc3)cc2)c2ccc3c(c2)C(C)(C)c2ccccc2-3)C1. The third-order valence-electron chi connectivity index (χ3n) is 12.3. The lowest BCUT2D eigenvalue weighted by Gasteiger charge is -2.36. The third kappa shape index (κ3) is 6.42. The van der Waals surface area contributed by atoms with Gasteiger partial charge in [-0.2, -0.15) is 0 Å². The van der Waals surface area contributed by atoms with Crippen LogP contribution in [0.15, 0.2) is 193 Å². The number of fused-ring (bicyclic) bond motifs is 4. The zero-order chi connectivity index (χ0) is 38.2. The minimum atomic E-state index is -0.0840. The highest BCUT2D eigenvalue weighted by atomic mass is 15.2. The van der Waals surface area contributed by atoms with Gasteiger partial charge in [-0.1, -0.05) is 178 Å². The van der Waals surface area contributed by atoms with Crippen molar-refractivity contribution in [3.05, 3.63) is 227 Å². The third-order valence-corrected chi connectivity index (χ3v) is 12.3. The van der Waals surface area contributed by atoms with Crippen LogP contribution < -0.4 is 4.90 Å². The second-order valence-electron chi connectivity index (χ2n) is 16.0. The van der Waals surface area contributed by atoms with E-state index in [2.05, 4.69) is 221 Å². The highest BCUT2D eigenvalue weighted by molar-refractivity contribution is 5.85. The Balaban J connectivity index is 1.11. The molecule has 3 aliphatic rings. The van der Waals surface area contributed by atoms with Crippen molar-refractivity contribution in [1.29, 1.82) is 0 Å². The van der Waals surface area contributed by atoms with Gasteiger partial charge >= 0.3 is 0 Å². The van der Waals surface area contributed by atoms with Crippen LogP contribution >= 0.6 is 0 Å². The number of allylic oxidation sites excluding steroid dienone is 7. The Morgan fingerprint density at radius 2 is 1.34 bits per heavy atom. The van der Waals surface area contributed by atoms with Crippen LogP contribution in [0.1, 0.15) is 79.8 Å². The van der Waals surface area contributed by atoms with Gasteiger partial charge in [0.05, 0.1) is 6.04 Å². The molecule has 0 amide bonds. The molecule has 0 aliphatic heterocycles. The fraction of sp³-hybridized carbons (Fsp3) is 0.164. The predicted octanol–water partition coefficient (Wildman–Crippen LogP) is 14.7. The Labute approximate surface area is 333 Å². The van der Waals surface area contributed by atoms with Crippen LogP contribution in [0, 0.1) is 0 Å².